The van der Waals surface area contributed by atoms with Crippen LogP contribution in [-0.4, -0.2) is 29.5 Å². The molecule has 1 aliphatic heterocycles. The highest BCUT2D eigenvalue weighted by Gasteiger charge is 2.52. The molecule has 0 aromatic heterocycles. The molecule has 7 nitrogen and oxygen atoms in total. The van der Waals surface area contributed by atoms with E-state index in [4.69, 9.17) is 4.74 Å². The Morgan fingerprint density at radius 3 is 2.27 bits per heavy atom. The molecule has 2 aromatic rings. The molecule has 158 valence electrons. The van der Waals surface area contributed by atoms with Crippen LogP contribution in [0.25, 0.3) is 0 Å². The number of nitrogens with one attached hydrogen (secondary N) is 2. The van der Waals surface area contributed by atoms with E-state index in [1.807, 2.05) is 18.2 Å². The normalized spacial score (nSPS) is 18.9. The van der Waals surface area contributed by atoms with Crippen molar-refractivity contribution in [2.24, 2.45) is 0 Å². The van der Waals surface area contributed by atoms with Crippen LogP contribution < -0.4 is 15.5 Å². The van der Waals surface area contributed by atoms with Gasteiger partial charge in [-0.1, -0.05) is 70.2 Å². The van der Waals surface area contributed by atoms with Crippen molar-refractivity contribution in [1.82, 2.24) is 15.8 Å². The standard InChI is InChI=1S/C23H27N3O4/c1-5-23(17-9-7-6-8-10-17)20(28)26(21(29)24-23)25-19(27)15-30-18-13-11-16(12-14-18)22(2,3)4/h6-14H,5,15H2,1-4H3,(H,24,29)(H,25,27)/t23-/m0/s1. The molecule has 1 saturated heterocycles. The maximum Gasteiger partial charge on any atom is 0.344 e. The summed E-state index contributed by atoms with van der Waals surface area (Å²) in [6.07, 6.45) is 0.352. The van der Waals surface area contributed by atoms with Crippen molar-refractivity contribution in [3.8, 4) is 5.75 Å². The fourth-order valence-electron chi connectivity index (χ4n) is 3.40. The van der Waals surface area contributed by atoms with Gasteiger partial charge >= 0.3 is 6.03 Å². The zero-order valence-corrected chi connectivity index (χ0v) is 17.7. The summed E-state index contributed by atoms with van der Waals surface area (Å²) in [5.74, 6) is -0.593. The molecule has 0 bridgehead atoms. The maximum atomic E-state index is 13.0. The summed E-state index contributed by atoms with van der Waals surface area (Å²) >= 11 is 0. The summed E-state index contributed by atoms with van der Waals surface area (Å²) in [5, 5.41) is 3.44. The summed E-state index contributed by atoms with van der Waals surface area (Å²) in [4.78, 5) is 37.7. The van der Waals surface area contributed by atoms with Crippen LogP contribution >= 0.6 is 0 Å². The van der Waals surface area contributed by atoms with Gasteiger partial charge in [0.2, 0.25) is 0 Å². The van der Waals surface area contributed by atoms with Crippen LogP contribution in [0.1, 0.15) is 45.2 Å². The zero-order chi connectivity index (χ0) is 21.9. The summed E-state index contributed by atoms with van der Waals surface area (Å²) in [6, 6.07) is 15.8. The monoisotopic (exact) mass is 409 g/mol. The van der Waals surface area contributed by atoms with Gasteiger partial charge in [-0.05, 0) is 35.1 Å². The Morgan fingerprint density at radius 2 is 1.70 bits per heavy atom. The van der Waals surface area contributed by atoms with Crippen LogP contribution in [0, 0.1) is 0 Å². The topological polar surface area (TPSA) is 87.7 Å². The van der Waals surface area contributed by atoms with Gasteiger partial charge in [0, 0.05) is 0 Å². The minimum absolute atomic E-state index is 0.0178. The van der Waals surface area contributed by atoms with E-state index in [1.54, 1.807) is 43.3 Å². The first-order valence-electron chi connectivity index (χ1n) is 9.92. The predicted molar refractivity (Wildman–Crippen MR) is 113 cm³/mol. The van der Waals surface area contributed by atoms with Gasteiger partial charge in [-0.25, -0.2) is 4.79 Å². The lowest BCUT2D eigenvalue weighted by atomic mass is 9.87. The molecule has 2 aromatic carbocycles. The molecule has 0 radical (unpaired) electrons. The molecule has 3 rings (SSSR count). The van der Waals surface area contributed by atoms with E-state index >= 15 is 0 Å². The number of hydrazine groups is 1. The molecule has 30 heavy (non-hydrogen) atoms. The lowest BCUT2D eigenvalue weighted by molar-refractivity contribution is -0.140. The number of hydrogen-bond donors (Lipinski definition) is 2. The SMILES string of the molecule is CC[C@@]1(c2ccccc2)NC(=O)N(NC(=O)COc2ccc(C(C)(C)C)cc2)C1=O. The average molecular weight is 409 g/mol. The first kappa shape index (κ1) is 21.4. The predicted octanol–water partition coefficient (Wildman–Crippen LogP) is 3.25. The van der Waals surface area contributed by atoms with Crippen molar-refractivity contribution in [3.05, 3.63) is 65.7 Å². The fraction of sp³-hybridized carbons (Fsp3) is 0.348. The number of benzene rings is 2. The molecule has 0 aliphatic carbocycles. The summed E-state index contributed by atoms with van der Waals surface area (Å²) in [6.45, 7) is 7.82. The van der Waals surface area contributed by atoms with Crippen molar-refractivity contribution < 1.29 is 19.1 Å². The van der Waals surface area contributed by atoms with Crippen molar-refractivity contribution in [2.75, 3.05) is 6.61 Å². The second-order valence-electron chi connectivity index (χ2n) is 8.29. The second-order valence-corrected chi connectivity index (χ2v) is 8.29. The molecule has 0 unspecified atom stereocenters. The quantitative estimate of drug-likeness (QED) is 0.717. The summed E-state index contributed by atoms with van der Waals surface area (Å²) < 4.78 is 5.50. The molecule has 7 heteroatoms. The number of carbonyl (C=O) groups excluding carboxylic acids is 3. The third-order valence-corrected chi connectivity index (χ3v) is 5.22. The van der Waals surface area contributed by atoms with E-state index in [0.717, 1.165) is 10.6 Å². The molecule has 1 aliphatic rings. The Hall–Kier alpha value is -3.35. The number of urea groups is 1. The number of nitrogens with zero attached hydrogens (tertiary/aromatic N) is 1. The Bertz CT molecular complexity index is 935. The third kappa shape index (κ3) is 4.15. The van der Waals surface area contributed by atoms with Crippen molar-refractivity contribution in [2.45, 2.75) is 45.1 Å². The lowest BCUT2D eigenvalue weighted by Gasteiger charge is -2.25. The maximum absolute atomic E-state index is 13.0. The molecule has 4 amide bonds. The van der Waals surface area contributed by atoms with Crippen LogP contribution in [0.3, 0.4) is 0 Å². The first-order valence-corrected chi connectivity index (χ1v) is 9.92. The van der Waals surface area contributed by atoms with Crippen molar-refractivity contribution >= 4 is 17.8 Å². The van der Waals surface area contributed by atoms with Crippen LogP contribution in [0.15, 0.2) is 54.6 Å². The van der Waals surface area contributed by atoms with E-state index in [9.17, 15) is 14.4 Å². The minimum atomic E-state index is -1.20. The largest absolute Gasteiger partial charge is 0.484 e. The van der Waals surface area contributed by atoms with Crippen LogP contribution in [0.2, 0.25) is 0 Å². The molecular weight excluding hydrogens is 382 g/mol. The van der Waals surface area contributed by atoms with E-state index in [-0.39, 0.29) is 12.0 Å². The Morgan fingerprint density at radius 1 is 1.07 bits per heavy atom. The number of imide groups is 1. The number of ether oxygens (including phenoxy) is 1. The molecule has 1 atom stereocenters. The van der Waals surface area contributed by atoms with Gasteiger partial charge in [0.15, 0.2) is 6.61 Å². The highest BCUT2D eigenvalue weighted by atomic mass is 16.5. The molecule has 0 saturated carbocycles. The van der Waals surface area contributed by atoms with Gasteiger partial charge in [0.1, 0.15) is 11.3 Å². The Kier molecular flexibility index (Phi) is 5.82. The molecular formula is C23H27N3O4. The number of rotatable bonds is 6. The van der Waals surface area contributed by atoms with Gasteiger partial charge in [0.25, 0.3) is 11.8 Å². The fourth-order valence-corrected chi connectivity index (χ4v) is 3.40. The van der Waals surface area contributed by atoms with Gasteiger partial charge in [-0.15, -0.1) is 0 Å². The van der Waals surface area contributed by atoms with Crippen LogP contribution in [0.5, 0.6) is 5.75 Å². The average Bonchev–Trinajstić information content (AvgIpc) is 2.97. The van der Waals surface area contributed by atoms with Crippen LogP contribution in [-0.2, 0) is 20.5 Å². The first-order chi connectivity index (χ1) is 14.2. The number of amides is 4. The highest BCUT2D eigenvalue weighted by Crippen LogP contribution is 2.31. The molecule has 1 fully saturated rings. The Balaban J connectivity index is 1.64. The van der Waals surface area contributed by atoms with E-state index in [1.165, 1.54) is 0 Å². The van der Waals surface area contributed by atoms with E-state index in [2.05, 4.69) is 31.5 Å². The van der Waals surface area contributed by atoms with Crippen molar-refractivity contribution in [3.63, 3.8) is 0 Å². The number of carbonyl (C=O) groups is 3. The second kappa shape index (κ2) is 8.18. The summed E-state index contributed by atoms with van der Waals surface area (Å²) in [7, 11) is 0. The van der Waals surface area contributed by atoms with Gasteiger partial charge < -0.3 is 10.1 Å². The summed E-state index contributed by atoms with van der Waals surface area (Å²) in [5.41, 5.74) is 2.98. The number of hydrogen-bond acceptors (Lipinski definition) is 4. The zero-order valence-electron chi connectivity index (χ0n) is 17.7. The smallest absolute Gasteiger partial charge is 0.344 e. The van der Waals surface area contributed by atoms with Gasteiger partial charge in [-0.2, -0.15) is 5.01 Å². The van der Waals surface area contributed by atoms with Crippen molar-refractivity contribution in [1.29, 1.82) is 0 Å². The third-order valence-electron chi connectivity index (χ3n) is 5.22. The minimum Gasteiger partial charge on any atom is -0.484 e. The Labute approximate surface area is 176 Å². The van der Waals surface area contributed by atoms with Gasteiger partial charge in [-0.3, -0.25) is 15.0 Å². The van der Waals surface area contributed by atoms with E-state index < -0.39 is 23.4 Å². The van der Waals surface area contributed by atoms with Gasteiger partial charge in [0.05, 0.1) is 0 Å². The molecule has 1 heterocycles. The molecule has 2 N–H and O–H groups in total. The molecule has 0 spiro atoms. The van der Waals surface area contributed by atoms with E-state index in [0.29, 0.717) is 17.7 Å². The highest BCUT2D eigenvalue weighted by molar-refractivity contribution is 6.08. The van der Waals surface area contributed by atoms with Crippen LogP contribution in [0.4, 0.5) is 4.79 Å². The lowest BCUT2D eigenvalue weighted by Crippen LogP contribution is -2.49.